The van der Waals surface area contributed by atoms with Crippen molar-refractivity contribution in [3.8, 4) is 0 Å². The number of allylic oxidation sites excluding steroid dienone is 2. The molecule has 144 valence electrons. The van der Waals surface area contributed by atoms with E-state index in [1.807, 2.05) is 0 Å². The Morgan fingerprint density at radius 3 is 2.26 bits per heavy atom. The third-order valence-electron chi connectivity index (χ3n) is 3.82. The fourth-order valence-corrected chi connectivity index (χ4v) is 2.58. The van der Waals surface area contributed by atoms with Crippen molar-refractivity contribution in [3.63, 3.8) is 0 Å². The number of hydrogen-bond acceptors (Lipinski definition) is 7. The molecule has 0 fully saturated rings. The van der Waals surface area contributed by atoms with Gasteiger partial charge in [0.15, 0.2) is 6.29 Å². The number of ether oxygens (including phenoxy) is 4. The van der Waals surface area contributed by atoms with Gasteiger partial charge in [-0.2, -0.15) is 0 Å². The molecular formula is C19H20FNO6. The van der Waals surface area contributed by atoms with E-state index in [9.17, 15) is 14.0 Å². The first kappa shape index (κ1) is 20.3. The van der Waals surface area contributed by atoms with Gasteiger partial charge in [0, 0.05) is 26.0 Å². The quantitative estimate of drug-likeness (QED) is 0.557. The molecule has 1 aromatic carbocycles. The summed E-state index contributed by atoms with van der Waals surface area (Å²) in [7, 11) is 5.24. The van der Waals surface area contributed by atoms with E-state index in [1.54, 1.807) is 6.08 Å². The SMILES string of the molecule is COC(=O)C1=C(C(=O)OC)N(c2cc(C(OC)OC)ccc2F)C=CC=C1. The summed E-state index contributed by atoms with van der Waals surface area (Å²) in [4.78, 5) is 25.8. The van der Waals surface area contributed by atoms with Gasteiger partial charge in [0.1, 0.15) is 11.5 Å². The van der Waals surface area contributed by atoms with Crippen LogP contribution in [0.5, 0.6) is 0 Å². The molecule has 0 aromatic heterocycles. The third-order valence-corrected chi connectivity index (χ3v) is 3.82. The second-order valence-electron chi connectivity index (χ2n) is 5.33. The van der Waals surface area contributed by atoms with Crippen molar-refractivity contribution >= 4 is 17.6 Å². The molecule has 7 nitrogen and oxygen atoms in total. The monoisotopic (exact) mass is 377 g/mol. The minimum absolute atomic E-state index is 0.00773. The Bertz CT molecular complexity index is 810. The molecule has 2 rings (SSSR count). The number of methoxy groups -OCH3 is 4. The lowest BCUT2D eigenvalue weighted by Gasteiger charge is -2.25. The Labute approximate surface area is 156 Å². The largest absolute Gasteiger partial charge is 0.465 e. The molecule has 0 saturated carbocycles. The van der Waals surface area contributed by atoms with Crippen LogP contribution < -0.4 is 4.90 Å². The molecule has 8 heteroatoms. The van der Waals surface area contributed by atoms with Crippen LogP contribution in [0.25, 0.3) is 0 Å². The number of benzene rings is 1. The lowest BCUT2D eigenvalue weighted by atomic mass is 10.1. The first-order valence-corrected chi connectivity index (χ1v) is 7.88. The van der Waals surface area contributed by atoms with E-state index in [1.165, 1.54) is 69.9 Å². The summed E-state index contributed by atoms with van der Waals surface area (Å²) in [6, 6.07) is 4.17. The predicted molar refractivity (Wildman–Crippen MR) is 95.0 cm³/mol. The number of rotatable bonds is 6. The van der Waals surface area contributed by atoms with Crippen molar-refractivity contribution in [2.45, 2.75) is 6.29 Å². The highest BCUT2D eigenvalue weighted by Crippen LogP contribution is 2.31. The summed E-state index contributed by atoms with van der Waals surface area (Å²) >= 11 is 0. The standard InChI is InChI=1S/C19H20FNO6/c1-24-17(22)13-7-5-6-10-21(16(13)18(23)25-2)15-11-12(8-9-14(15)20)19(26-3)27-4/h5-11,19H,1-4H3. The lowest BCUT2D eigenvalue weighted by Crippen LogP contribution is -2.27. The maximum absolute atomic E-state index is 14.6. The molecule has 0 radical (unpaired) electrons. The number of esters is 2. The van der Waals surface area contributed by atoms with Gasteiger partial charge in [-0.15, -0.1) is 0 Å². The van der Waals surface area contributed by atoms with Crippen LogP contribution in [0, 0.1) is 5.82 Å². The molecule has 27 heavy (non-hydrogen) atoms. The van der Waals surface area contributed by atoms with E-state index in [0.29, 0.717) is 5.56 Å². The van der Waals surface area contributed by atoms with Crippen LogP contribution in [0.4, 0.5) is 10.1 Å². The van der Waals surface area contributed by atoms with E-state index in [4.69, 9.17) is 18.9 Å². The Hall–Kier alpha value is -2.97. The van der Waals surface area contributed by atoms with Crippen LogP contribution in [0.15, 0.2) is 53.9 Å². The second-order valence-corrected chi connectivity index (χ2v) is 5.33. The van der Waals surface area contributed by atoms with Gasteiger partial charge in [-0.1, -0.05) is 12.1 Å². The summed E-state index contributed by atoms with van der Waals surface area (Å²) < 4.78 is 34.6. The van der Waals surface area contributed by atoms with Crippen LogP contribution in [0.2, 0.25) is 0 Å². The fraction of sp³-hybridized carbons (Fsp3) is 0.263. The van der Waals surface area contributed by atoms with Crippen LogP contribution >= 0.6 is 0 Å². The molecule has 0 N–H and O–H groups in total. The average Bonchev–Trinajstić information content (AvgIpc) is 2.91. The van der Waals surface area contributed by atoms with Crippen molar-refractivity contribution in [2.75, 3.05) is 33.3 Å². The number of anilines is 1. The Morgan fingerprint density at radius 2 is 1.67 bits per heavy atom. The third kappa shape index (κ3) is 4.24. The van der Waals surface area contributed by atoms with Crippen LogP contribution in [-0.2, 0) is 28.5 Å². The normalized spacial score (nSPS) is 13.8. The average molecular weight is 377 g/mol. The van der Waals surface area contributed by atoms with Gasteiger partial charge in [0.05, 0.1) is 25.5 Å². The second kappa shape index (κ2) is 9.11. The maximum atomic E-state index is 14.6. The highest BCUT2D eigenvalue weighted by molar-refractivity contribution is 6.05. The van der Waals surface area contributed by atoms with E-state index in [0.717, 1.165) is 0 Å². The number of nitrogens with zero attached hydrogens (tertiary/aromatic N) is 1. The van der Waals surface area contributed by atoms with Gasteiger partial charge >= 0.3 is 11.9 Å². The molecule has 0 unspecified atom stereocenters. The maximum Gasteiger partial charge on any atom is 0.355 e. The van der Waals surface area contributed by atoms with Gasteiger partial charge in [-0.3, -0.25) is 0 Å². The molecule has 0 amide bonds. The summed E-state index contributed by atoms with van der Waals surface area (Å²) in [5.41, 5.74) is 0.269. The summed E-state index contributed by atoms with van der Waals surface area (Å²) in [6.45, 7) is 0. The molecule has 1 aliphatic heterocycles. The summed E-state index contributed by atoms with van der Waals surface area (Å²) in [5.74, 6) is -2.21. The molecule has 1 aliphatic rings. The summed E-state index contributed by atoms with van der Waals surface area (Å²) in [5, 5.41) is 0. The zero-order valence-corrected chi connectivity index (χ0v) is 15.4. The fourth-order valence-electron chi connectivity index (χ4n) is 2.58. The van der Waals surface area contributed by atoms with E-state index in [2.05, 4.69) is 0 Å². The topological polar surface area (TPSA) is 74.3 Å². The number of hydrogen-bond donors (Lipinski definition) is 0. The van der Waals surface area contributed by atoms with Crippen molar-refractivity contribution < 1.29 is 32.9 Å². The number of carbonyl (C=O) groups is 2. The highest BCUT2D eigenvalue weighted by atomic mass is 19.1. The van der Waals surface area contributed by atoms with Gasteiger partial charge in [0.25, 0.3) is 0 Å². The van der Waals surface area contributed by atoms with Crippen LogP contribution in [0.1, 0.15) is 11.9 Å². The van der Waals surface area contributed by atoms with Crippen LogP contribution in [-0.4, -0.2) is 40.4 Å². The first-order valence-electron chi connectivity index (χ1n) is 7.88. The Morgan fingerprint density at radius 1 is 1.00 bits per heavy atom. The first-order chi connectivity index (χ1) is 13.0. The number of halogens is 1. The highest BCUT2D eigenvalue weighted by Gasteiger charge is 2.29. The molecule has 0 bridgehead atoms. The van der Waals surface area contributed by atoms with Crippen molar-refractivity contribution in [2.24, 2.45) is 0 Å². The zero-order valence-electron chi connectivity index (χ0n) is 15.4. The van der Waals surface area contributed by atoms with Crippen molar-refractivity contribution in [3.05, 3.63) is 65.3 Å². The minimum Gasteiger partial charge on any atom is -0.465 e. The van der Waals surface area contributed by atoms with Gasteiger partial charge in [-0.25, -0.2) is 14.0 Å². The smallest absolute Gasteiger partial charge is 0.355 e. The molecule has 0 spiro atoms. The van der Waals surface area contributed by atoms with Crippen LogP contribution in [0.3, 0.4) is 0 Å². The molecule has 1 aromatic rings. The van der Waals surface area contributed by atoms with E-state index >= 15 is 0 Å². The lowest BCUT2D eigenvalue weighted by molar-refractivity contribution is -0.139. The predicted octanol–water partition coefficient (Wildman–Crippen LogP) is 2.61. The van der Waals surface area contributed by atoms with E-state index in [-0.39, 0.29) is 17.0 Å². The Kier molecular flexibility index (Phi) is 6.86. The van der Waals surface area contributed by atoms with Crippen molar-refractivity contribution in [1.82, 2.24) is 0 Å². The molecular weight excluding hydrogens is 357 g/mol. The summed E-state index contributed by atoms with van der Waals surface area (Å²) in [6.07, 6.45) is 5.18. The van der Waals surface area contributed by atoms with Gasteiger partial charge in [0.2, 0.25) is 0 Å². The molecule has 1 heterocycles. The number of carbonyl (C=O) groups excluding carboxylic acids is 2. The van der Waals surface area contributed by atoms with Gasteiger partial charge in [-0.05, 0) is 24.3 Å². The molecule has 0 aliphatic carbocycles. The minimum atomic E-state index is -0.827. The molecule has 0 saturated heterocycles. The molecule has 0 atom stereocenters. The van der Waals surface area contributed by atoms with E-state index < -0.39 is 24.0 Å². The Balaban J connectivity index is 2.68. The zero-order chi connectivity index (χ0) is 20.0. The van der Waals surface area contributed by atoms with Crippen molar-refractivity contribution in [1.29, 1.82) is 0 Å². The van der Waals surface area contributed by atoms with Gasteiger partial charge < -0.3 is 23.8 Å².